The van der Waals surface area contributed by atoms with Gasteiger partial charge in [-0.1, -0.05) is 12.1 Å². The van der Waals surface area contributed by atoms with Gasteiger partial charge in [-0.3, -0.25) is 0 Å². The highest BCUT2D eigenvalue weighted by molar-refractivity contribution is 7.90. The molecule has 1 unspecified atom stereocenters. The smallest absolute Gasteiger partial charge is 0.147 e. The largest absolute Gasteiger partial charge is 0.325 e. The molecule has 0 bridgehead atoms. The number of halogens is 1. The molecule has 0 aliphatic rings. The molecule has 17 heavy (non-hydrogen) atoms. The molecular weight excluding hydrogens is 241 g/mol. The molecule has 0 fully saturated rings. The summed E-state index contributed by atoms with van der Waals surface area (Å²) < 4.78 is 34.9. The Hall–Kier alpha value is -0.940. The highest BCUT2D eigenvalue weighted by atomic mass is 32.2. The lowest BCUT2D eigenvalue weighted by molar-refractivity contribution is 0.448. The first-order valence-electron chi connectivity index (χ1n) is 5.39. The SMILES string of the molecule is CC(N)(CCS(C)(=O)=O)Cc1ccc(F)cc1. The zero-order valence-corrected chi connectivity index (χ0v) is 10.9. The lowest BCUT2D eigenvalue weighted by atomic mass is 9.91. The van der Waals surface area contributed by atoms with Crippen molar-refractivity contribution in [3.8, 4) is 0 Å². The fourth-order valence-corrected chi connectivity index (χ4v) is 2.41. The molecule has 2 N–H and O–H groups in total. The maximum absolute atomic E-state index is 12.7. The van der Waals surface area contributed by atoms with Crippen molar-refractivity contribution in [3.63, 3.8) is 0 Å². The Bertz CT molecular complexity index is 466. The average molecular weight is 259 g/mol. The van der Waals surface area contributed by atoms with Crippen molar-refractivity contribution in [2.75, 3.05) is 12.0 Å². The van der Waals surface area contributed by atoms with Crippen LogP contribution < -0.4 is 5.73 Å². The lowest BCUT2D eigenvalue weighted by Crippen LogP contribution is -2.40. The van der Waals surface area contributed by atoms with E-state index in [-0.39, 0.29) is 11.6 Å². The average Bonchev–Trinajstić information content (AvgIpc) is 2.18. The van der Waals surface area contributed by atoms with E-state index in [2.05, 4.69) is 0 Å². The summed E-state index contributed by atoms with van der Waals surface area (Å²) in [7, 11) is -3.00. The minimum absolute atomic E-state index is 0.0706. The Balaban J connectivity index is 2.63. The Morgan fingerprint density at radius 1 is 1.29 bits per heavy atom. The topological polar surface area (TPSA) is 60.2 Å². The van der Waals surface area contributed by atoms with Gasteiger partial charge in [0.25, 0.3) is 0 Å². The van der Waals surface area contributed by atoms with Crippen molar-refractivity contribution in [2.24, 2.45) is 5.73 Å². The first-order chi connectivity index (χ1) is 7.68. The Kier molecular flexibility index (Phi) is 4.27. The van der Waals surface area contributed by atoms with Crippen LogP contribution in [0.2, 0.25) is 0 Å². The molecule has 1 aromatic rings. The van der Waals surface area contributed by atoms with Gasteiger partial charge in [0.15, 0.2) is 0 Å². The second kappa shape index (κ2) is 5.14. The van der Waals surface area contributed by atoms with Gasteiger partial charge in [0.2, 0.25) is 0 Å². The summed E-state index contributed by atoms with van der Waals surface area (Å²) in [6.07, 6.45) is 2.12. The van der Waals surface area contributed by atoms with Crippen LogP contribution >= 0.6 is 0 Å². The van der Waals surface area contributed by atoms with Crippen LogP contribution in [0.5, 0.6) is 0 Å². The van der Waals surface area contributed by atoms with Crippen LogP contribution in [-0.2, 0) is 16.3 Å². The molecule has 0 aliphatic heterocycles. The molecule has 0 spiro atoms. The van der Waals surface area contributed by atoms with Crippen molar-refractivity contribution >= 4 is 9.84 Å². The van der Waals surface area contributed by atoms with Gasteiger partial charge in [-0.2, -0.15) is 0 Å². The van der Waals surface area contributed by atoms with Crippen LogP contribution in [0.4, 0.5) is 4.39 Å². The Morgan fingerprint density at radius 2 is 1.82 bits per heavy atom. The van der Waals surface area contributed by atoms with E-state index in [1.807, 2.05) is 6.92 Å². The van der Waals surface area contributed by atoms with Gasteiger partial charge in [0, 0.05) is 11.8 Å². The molecule has 0 saturated heterocycles. The molecule has 0 amide bonds. The van der Waals surface area contributed by atoms with Crippen molar-refractivity contribution in [2.45, 2.75) is 25.3 Å². The Morgan fingerprint density at radius 3 is 2.29 bits per heavy atom. The van der Waals surface area contributed by atoms with Crippen molar-refractivity contribution in [3.05, 3.63) is 35.6 Å². The summed E-state index contributed by atoms with van der Waals surface area (Å²) in [5.74, 6) is -0.218. The standard InChI is InChI=1S/C12H18FNO2S/c1-12(14,7-8-17(2,15)16)9-10-3-5-11(13)6-4-10/h3-6H,7-9,14H2,1-2H3. The number of hydrogen-bond acceptors (Lipinski definition) is 3. The van der Waals surface area contributed by atoms with Crippen LogP contribution in [0.15, 0.2) is 24.3 Å². The molecule has 0 heterocycles. The van der Waals surface area contributed by atoms with E-state index in [1.54, 1.807) is 12.1 Å². The zero-order chi connectivity index (χ0) is 13.1. The first kappa shape index (κ1) is 14.1. The molecular formula is C12H18FNO2S. The molecule has 0 aromatic heterocycles. The van der Waals surface area contributed by atoms with E-state index < -0.39 is 15.4 Å². The summed E-state index contributed by atoms with van der Waals surface area (Å²) in [6.45, 7) is 1.81. The second-order valence-corrected chi connectivity index (χ2v) is 7.10. The van der Waals surface area contributed by atoms with E-state index in [9.17, 15) is 12.8 Å². The number of hydrogen-bond donors (Lipinski definition) is 1. The van der Waals surface area contributed by atoms with E-state index in [0.717, 1.165) is 5.56 Å². The summed E-state index contributed by atoms with van der Waals surface area (Å²) >= 11 is 0. The van der Waals surface area contributed by atoms with Crippen molar-refractivity contribution < 1.29 is 12.8 Å². The second-order valence-electron chi connectivity index (χ2n) is 4.84. The number of nitrogens with two attached hydrogens (primary N) is 1. The van der Waals surface area contributed by atoms with E-state index >= 15 is 0 Å². The molecule has 0 radical (unpaired) electrons. The molecule has 0 aliphatic carbocycles. The molecule has 96 valence electrons. The lowest BCUT2D eigenvalue weighted by Gasteiger charge is -2.24. The maximum Gasteiger partial charge on any atom is 0.147 e. The highest BCUT2D eigenvalue weighted by Gasteiger charge is 2.21. The van der Waals surface area contributed by atoms with Gasteiger partial charge in [0.05, 0.1) is 5.75 Å². The fraction of sp³-hybridized carbons (Fsp3) is 0.500. The van der Waals surface area contributed by atoms with Gasteiger partial charge >= 0.3 is 0 Å². The maximum atomic E-state index is 12.7. The molecule has 5 heteroatoms. The third-order valence-corrected chi connectivity index (χ3v) is 3.51. The van der Waals surface area contributed by atoms with Crippen LogP contribution in [-0.4, -0.2) is 26.0 Å². The summed E-state index contributed by atoms with van der Waals surface area (Å²) in [5, 5.41) is 0. The molecule has 1 rings (SSSR count). The van der Waals surface area contributed by atoms with E-state index in [1.165, 1.54) is 18.4 Å². The molecule has 1 aromatic carbocycles. The normalized spacial score (nSPS) is 15.5. The Labute approximate surface area is 102 Å². The quantitative estimate of drug-likeness (QED) is 0.872. The fourth-order valence-electron chi connectivity index (χ4n) is 1.58. The van der Waals surface area contributed by atoms with Gasteiger partial charge in [-0.15, -0.1) is 0 Å². The van der Waals surface area contributed by atoms with Gasteiger partial charge in [-0.05, 0) is 37.5 Å². The predicted molar refractivity (Wildman–Crippen MR) is 67.0 cm³/mol. The van der Waals surface area contributed by atoms with E-state index in [4.69, 9.17) is 5.73 Å². The minimum atomic E-state index is -3.00. The van der Waals surface area contributed by atoms with Crippen molar-refractivity contribution in [1.29, 1.82) is 0 Å². The molecule has 1 atom stereocenters. The first-order valence-corrected chi connectivity index (χ1v) is 7.45. The predicted octanol–water partition coefficient (Wildman–Crippen LogP) is 1.52. The van der Waals surface area contributed by atoms with Crippen LogP contribution in [0.3, 0.4) is 0 Å². The highest BCUT2D eigenvalue weighted by Crippen LogP contribution is 2.15. The minimum Gasteiger partial charge on any atom is -0.325 e. The number of sulfone groups is 1. The zero-order valence-electron chi connectivity index (χ0n) is 10.1. The molecule has 3 nitrogen and oxygen atoms in total. The number of rotatable bonds is 5. The van der Waals surface area contributed by atoms with E-state index in [0.29, 0.717) is 12.8 Å². The van der Waals surface area contributed by atoms with Gasteiger partial charge < -0.3 is 5.73 Å². The van der Waals surface area contributed by atoms with Crippen LogP contribution in [0, 0.1) is 5.82 Å². The van der Waals surface area contributed by atoms with Crippen molar-refractivity contribution in [1.82, 2.24) is 0 Å². The van der Waals surface area contributed by atoms with Crippen LogP contribution in [0.1, 0.15) is 18.9 Å². The third-order valence-electron chi connectivity index (χ3n) is 2.57. The monoisotopic (exact) mass is 259 g/mol. The summed E-state index contributed by atoms with van der Waals surface area (Å²) in [6, 6.07) is 6.09. The summed E-state index contributed by atoms with van der Waals surface area (Å²) in [5.41, 5.74) is 6.35. The number of benzene rings is 1. The third kappa shape index (κ3) is 5.79. The van der Waals surface area contributed by atoms with Crippen LogP contribution in [0.25, 0.3) is 0 Å². The molecule has 0 saturated carbocycles. The van der Waals surface area contributed by atoms with Gasteiger partial charge in [0.1, 0.15) is 15.7 Å². The summed E-state index contributed by atoms with van der Waals surface area (Å²) in [4.78, 5) is 0. The van der Waals surface area contributed by atoms with Gasteiger partial charge in [-0.25, -0.2) is 12.8 Å².